The quantitative estimate of drug-likeness (QED) is 0.609. The lowest BCUT2D eigenvalue weighted by atomic mass is 10.0. The fourth-order valence-electron chi connectivity index (χ4n) is 1.79. The zero-order valence-electron chi connectivity index (χ0n) is 9.16. The molecule has 0 unspecified atom stereocenters. The summed E-state index contributed by atoms with van der Waals surface area (Å²) in [5.74, 6) is 0.919. The lowest BCUT2D eigenvalue weighted by molar-refractivity contribution is 0.344. The van der Waals surface area contributed by atoms with Crippen molar-refractivity contribution < 1.29 is 4.74 Å². The van der Waals surface area contributed by atoms with Crippen molar-refractivity contribution in [2.24, 2.45) is 5.73 Å². The first-order chi connectivity index (χ1) is 7.74. The molecule has 0 heterocycles. The summed E-state index contributed by atoms with van der Waals surface area (Å²) in [4.78, 5) is 0. The molecule has 0 radical (unpaired) electrons. The Morgan fingerprint density at radius 1 is 1.19 bits per heavy atom. The van der Waals surface area contributed by atoms with E-state index in [2.05, 4.69) is 0 Å². The lowest BCUT2D eigenvalue weighted by Crippen LogP contribution is -2.11. The number of nitrogens with one attached hydrogen (secondary N) is 1. The highest BCUT2D eigenvalue weighted by Gasteiger charge is 2.07. The average molecular weight is 214 g/mol. The number of fused-ring (bicyclic) bond motifs is 1. The molecule has 3 heteroatoms. The first-order valence-corrected chi connectivity index (χ1v) is 5.23. The van der Waals surface area contributed by atoms with Crippen LogP contribution in [0.15, 0.2) is 36.4 Å². The Bertz CT molecular complexity index is 534. The van der Waals surface area contributed by atoms with E-state index in [0.29, 0.717) is 6.61 Å². The Labute approximate surface area is 94.3 Å². The van der Waals surface area contributed by atoms with Crippen molar-refractivity contribution in [1.82, 2.24) is 0 Å². The van der Waals surface area contributed by atoms with Crippen LogP contribution in [0.5, 0.6) is 5.75 Å². The van der Waals surface area contributed by atoms with Gasteiger partial charge in [0.05, 0.1) is 6.61 Å². The summed E-state index contributed by atoms with van der Waals surface area (Å²) >= 11 is 0. The van der Waals surface area contributed by atoms with Crippen LogP contribution >= 0.6 is 0 Å². The molecule has 0 bridgehead atoms. The van der Waals surface area contributed by atoms with Crippen LogP contribution in [0.2, 0.25) is 0 Å². The van der Waals surface area contributed by atoms with E-state index in [1.165, 1.54) is 0 Å². The summed E-state index contributed by atoms with van der Waals surface area (Å²) in [6.45, 7) is 2.58. The Morgan fingerprint density at radius 3 is 2.50 bits per heavy atom. The summed E-state index contributed by atoms with van der Waals surface area (Å²) in [6, 6.07) is 11.5. The molecule has 0 atom stereocenters. The predicted octanol–water partition coefficient (Wildman–Crippen LogP) is 2.52. The molecule has 0 saturated carbocycles. The molecule has 0 spiro atoms. The average Bonchev–Trinajstić information content (AvgIpc) is 2.29. The molecule has 0 saturated heterocycles. The summed E-state index contributed by atoms with van der Waals surface area (Å²) in [5.41, 5.74) is 6.30. The molecule has 0 fully saturated rings. The molecule has 3 N–H and O–H groups in total. The van der Waals surface area contributed by atoms with Gasteiger partial charge in [-0.05, 0) is 24.4 Å². The van der Waals surface area contributed by atoms with Crippen molar-refractivity contribution in [3.63, 3.8) is 0 Å². The minimum Gasteiger partial charge on any atom is -0.493 e. The Kier molecular flexibility index (Phi) is 2.77. The third-order valence-electron chi connectivity index (χ3n) is 2.47. The number of rotatable bonds is 3. The van der Waals surface area contributed by atoms with Gasteiger partial charge in [-0.15, -0.1) is 0 Å². The highest BCUT2D eigenvalue weighted by Crippen LogP contribution is 2.28. The van der Waals surface area contributed by atoms with E-state index >= 15 is 0 Å². The number of hydrogen-bond donors (Lipinski definition) is 2. The topological polar surface area (TPSA) is 59.1 Å². The predicted molar refractivity (Wildman–Crippen MR) is 66.1 cm³/mol. The van der Waals surface area contributed by atoms with Crippen LogP contribution in [-0.4, -0.2) is 12.4 Å². The fraction of sp³-hybridized carbons (Fsp3) is 0.154. The van der Waals surface area contributed by atoms with Crippen molar-refractivity contribution in [2.45, 2.75) is 6.92 Å². The summed E-state index contributed by atoms with van der Waals surface area (Å²) in [5, 5.41) is 9.48. The molecule has 2 aromatic carbocycles. The second-order valence-corrected chi connectivity index (χ2v) is 3.50. The van der Waals surface area contributed by atoms with Crippen LogP contribution in [0.4, 0.5) is 0 Å². The van der Waals surface area contributed by atoms with Crippen molar-refractivity contribution in [3.8, 4) is 5.75 Å². The van der Waals surface area contributed by atoms with Gasteiger partial charge in [0.2, 0.25) is 0 Å². The smallest absolute Gasteiger partial charge is 0.127 e. The molecule has 82 valence electrons. The zero-order valence-corrected chi connectivity index (χ0v) is 9.16. The van der Waals surface area contributed by atoms with Crippen LogP contribution in [-0.2, 0) is 0 Å². The molecular formula is C13H14N2O. The van der Waals surface area contributed by atoms with Gasteiger partial charge in [-0.2, -0.15) is 0 Å². The zero-order chi connectivity index (χ0) is 11.5. The van der Waals surface area contributed by atoms with Gasteiger partial charge < -0.3 is 10.5 Å². The highest BCUT2D eigenvalue weighted by molar-refractivity contribution is 6.09. The summed E-state index contributed by atoms with van der Waals surface area (Å²) in [7, 11) is 0. The van der Waals surface area contributed by atoms with Gasteiger partial charge in [-0.3, -0.25) is 5.41 Å². The van der Waals surface area contributed by atoms with E-state index in [-0.39, 0.29) is 5.84 Å². The van der Waals surface area contributed by atoms with Crippen molar-refractivity contribution in [1.29, 1.82) is 5.41 Å². The SMILES string of the molecule is CCOc1ccc(C(=N)N)c2ccccc12. The first-order valence-electron chi connectivity index (χ1n) is 5.23. The molecule has 0 aliphatic heterocycles. The van der Waals surface area contributed by atoms with Crippen molar-refractivity contribution in [3.05, 3.63) is 42.0 Å². The highest BCUT2D eigenvalue weighted by atomic mass is 16.5. The molecule has 3 nitrogen and oxygen atoms in total. The summed E-state index contributed by atoms with van der Waals surface area (Å²) in [6.07, 6.45) is 0. The Hall–Kier alpha value is -2.03. The van der Waals surface area contributed by atoms with Gasteiger partial charge in [-0.1, -0.05) is 24.3 Å². The standard InChI is InChI=1S/C13H14N2O/c1-2-16-12-8-7-11(13(14)15)9-5-3-4-6-10(9)12/h3-8H,2H2,1H3,(H3,14,15). The molecule has 16 heavy (non-hydrogen) atoms. The number of amidine groups is 1. The maximum atomic E-state index is 7.53. The third-order valence-corrected chi connectivity index (χ3v) is 2.47. The minimum absolute atomic E-state index is 0.0826. The van der Waals surface area contributed by atoms with Gasteiger partial charge in [0.25, 0.3) is 0 Å². The monoisotopic (exact) mass is 214 g/mol. The van der Waals surface area contributed by atoms with Gasteiger partial charge in [0, 0.05) is 10.9 Å². The molecule has 0 aliphatic carbocycles. The van der Waals surface area contributed by atoms with E-state index in [1.54, 1.807) is 0 Å². The molecule has 0 amide bonds. The van der Waals surface area contributed by atoms with Gasteiger partial charge in [0.15, 0.2) is 0 Å². The first kappa shape index (κ1) is 10.5. The molecule has 0 aliphatic rings. The number of hydrogen-bond acceptors (Lipinski definition) is 2. The number of nitrogen functional groups attached to an aromatic ring is 1. The van der Waals surface area contributed by atoms with Crippen LogP contribution in [0, 0.1) is 5.41 Å². The van der Waals surface area contributed by atoms with E-state index < -0.39 is 0 Å². The van der Waals surface area contributed by atoms with Gasteiger partial charge in [-0.25, -0.2) is 0 Å². The number of nitrogens with two attached hydrogens (primary N) is 1. The van der Waals surface area contributed by atoms with Crippen LogP contribution in [0.1, 0.15) is 12.5 Å². The number of ether oxygens (including phenoxy) is 1. The second kappa shape index (κ2) is 4.23. The van der Waals surface area contributed by atoms with Gasteiger partial charge >= 0.3 is 0 Å². The van der Waals surface area contributed by atoms with Crippen molar-refractivity contribution >= 4 is 16.6 Å². The maximum absolute atomic E-state index is 7.53. The van der Waals surface area contributed by atoms with Crippen molar-refractivity contribution in [2.75, 3.05) is 6.61 Å². The Morgan fingerprint density at radius 2 is 1.88 bits per heavy atom. The van der Waals surface area contributed by atoms with E-state index in [0.717, 1.165) is 22.1 Å². The molecule has 0 aromatic heterocycles. The normalized spacial score (nSPS) is 10.3. The number of benzene rings is 2. The van der Waals surface area contributed by atoms with Gasteiger partial charge in [0.1, 0.15) is 11.6 Å². The van der Waals surface area contributed by atoms with E-state index in [1.807, 2.05) is 43.3 Å². The largest absolute Gasteiger partial charge is 0.493 e. The van der Waals surface area contributed by atoms with E-state index in [9.17, 15) is 0 Å². The molecular weight excluding hydrogens is 200 g/mol. The maximum Gasteiger partial charge on any atom is 0.127 e. The lowest BCUT2D eigenvalue weighted by Gasteiger charge is -2.10. The molecule has 2 aromatic rings. The fourth-order valence-corrected chi connectivity index (χ4v) is 1.79. The second-order valence-electron chi connectivity index (χ2n) is 3.50. The third kappa shape index (κ3) is 1.72. The van der Waals surface area contributed by atoms with Crippen LogP contribution < -0.4 is 10.5 Å². The molecule has 2 rings (SSSR count). The van der Waals surface area contributed by atoms with Crippen LogP contribution in [0.3, 0.4) is 0 Å². The summed E-state index contributed by atoms with van der Waals surface area (Å²) < 4.78 is 5.54. The Balaban J connectivity index is 2.71. The minimum atomic E-state index is 0.0826. The van der Waals surface area contributed by atoms with Crippen LogP contribution in [0.25, 0.3) is 10.8 Å². The van der Waals surface area contributed by atoms with E-state index in [4.69, 9.17) is 15.9 Å².